The first kappa shape index (κ1) is 16.2. The molecule has 1 rings (SSSR count). The average molecular weight is 278 g/mol. The monoisotopic (exact) mass is 278 g/mol. The van der Waals surface area contributed by atoms with E-state index in [4.69, 9.17) is 10.8 Å². The molecule has 0 atom stereocenters. The van der Waals surface area contributed by atoms with Gasteiger partial charge in [-0.1, -0.05) is 17.9 Å². The summed E-state index contributed by atoms with van der Waals surface area (Å²) in [6, 6.07) is 4.74. The van der Waals surface area contributed by atoms with E-state index >= 15 is 0 Å². The van der Waals surface area contributed by atoms with Crippen molar-refractivity contribution in [3.05, 3.63) is 35.1 Å². The molecule has 20 heavy (non-hydrogen) atoms. The van der Waals surface area contributed by atoms with E-state index in [0.29, 0.717) is 6.54 Å². The number of benzene rings is 1. The van der Waals surface area contributed by atoms with Crippen LogP contribution in [0.3, 0.4) is 0 Å². The van der Waals surface area contributed by atoms with Crippen LogP contribution in [0.2, 0.25) is 0 Å². The number of halogens is 1. The van der Waals surface area contributed by atoms with E-state index in [-0.39, 0.29) is 24.8 Å². The minimum atomic E-state index is -0.430. The van der Waals surface area contributed by atoms with Gasteiger partial charge < -0.3 is 10.8 Å². The molecule has 0 unspecified atom stereocenters. The van der Waals surface area contributed by atoms with Gasteiger partial charge in [0, 0.05) is 12.6 Å². The van der Waals surface area contributed by atoms with Crippen molar-refractivity contribution in [2.75, 3.05) is 13.2 Å². The third-order valence-electron chi connectivity index (χ3n) is 2.81. The van der Waals surface area contributed by atoms with Crippen molar-refractivity contribution in [1.29, 1.82) is 0 Å². The van der Waals surface area contributed by atoms with Crippen LogP contribution >= 0.6 is 0 Å². The van der Waals surface area contributed by atoms with Gasteiger partial charge in [0.05, 0.1) is 12.1 Å². The van der Waals surface area contributed by atoms with E-state index in [0.717, 1.165) is 5.56 Å². The van der Waals surface area contributed by atoms with Crippen LogP contribution < -0.4 is 5.73 Å². The van der Waals surface area contributed by atoms with Crippen LogP contribution in [0.25, 0.3) is 0 Å². The Hall–Kier alpha value is -1.90. The smallest absolute Gasteiger partial charge is 0.231 e. The Morgan fingerprint density at radius 3 is 2.75 bits per heavy atom. The average Bonchev–Trinajstić information content (AvgIpc) is 2.37. The third-order valence-corrected chi connectivity index (χ3v) is 2.81. The van der Waals surface area contributed by atoms with Crippen molar-refractivity contribution < 1.29 is 14.3 Å². The van der Waals surface area contributed by atoms with Gasteiger partial charge in [-0.3, -0.25) is 9.69 Å². The maximum Gasteiger partial charge on any atom is 0.231 e. The second kappa shape index (κ2) is 7.63. The fourth-order valence-electron chi connectivity index (χ4n) is 1.76. The summed E-state index contributed by atoms with van der Waals surface area (Å²) in [6.45, 7) is 4.22. The van der Waals surface area contributed by atoms with Gasteiger partial charge in [0.25, 0.3) is 0 Å². The number of carbonyl (C=O) groups excluding carboxylic acids is 1. The van der Waals surface area contributed by atoms with E-state index in [2.05, 4.69) is 11.8 Å². The molecule has 1 amide bonds. The highest BCUT2D eigenvalue weighted by Crippen LogP contribution is 2.13. The molecule has 0 spiro atoms. The van der Waals surface area contributed by atoms with Crippen molar-refractivity contribution >= 4 is 5.91 Å². The van der Waals surface area contributed by atoms with Crippen LogP contribution in [-0.4, -0.2) is 35.1 Å². The summed E-state index contributed by atoms with van der Waals surface area (Å²) in [4.78, 5) is 12.9. The summed E-state index contributed by atoms with van der Waals surface area (Å²) in [6.07, 6.45) is 0. The van der Waals surface area contributed by atoms with Gasteiger partial charge in [-0.05, 0) is 31.5 Å². The number of carbonyl (C=O) groups is 1. The van der Waals surface area contributed by atoms with Gasteiger partial charge >= 0.3 is 0 Å². The van der Waals surface area contributed by atoms with Crippen LogP contribution in [0.4, 0.5) is 4.39 Å². The quantitative estimate of drug-likeness (QED) is 0.785. The van der Waals surface area contributed by atoms with Crippen molar-refractivity contribution in [2.45, 2.75) is 26.4 Å². The molecular formula is C15H19FN2O2. The predicted molar refractivity (Wildman–Crippen MR) is 75.1 cm³/mol. The molecule has 1 aromatic carbocycles. The number of nitrogens with zero attached hydrogens (tertiary/aromatic N) is 1. The zero-order valence-electron chi connectivity index (χ0n) is 11.7. The summed E-state index contributed by atoms with van der Waals surface area (Å²) < 4.78 is 13.5. The van der Waals surface area contributed by atoms with E-state index in [1.807, 2.05) is 18.7 Å². The van der Waals surface area contributed by atoms with E-state index < -0.39 is 11.7 Å². The zero-order valence-corrected chi connectivity index (χ0v) is 11.7. The molecule has 0 saturated heterocycles. The normalized spacial score (nSPS) is 10.5. The lowest BCUT2D eigenvalue weighted by Gasteiger charge is -2.25. The lowest BCUT2D eigenvalue weighted by molar-refractivity contribution is -0.119. The fourth-order valence-corrected chi connectivity index (χ4v) is 1.76. The Kier molecular flexibility index (Phi) is 6.16. The number of primary amides is 1. The molecule has 3 N–H and O–H groups in total. The highest BCUT2D eigenvalue weighted by molar-refractivity contribution is 5.75. The van der Waals surface area contributed by atoms with Gasteiger partial charge in [0.15, 0.2) is 0 Å². The van der Waals surface area contributed by atoms with E-state index in [1.165, 1.54) is 6.07 Å². The Labute approximate surface area is 118 Å². The first-order valence-electron chi connectivity index (χ1n) is 6.34. The van der Waals surface area contributed by atoms with Gasteiger partial charge in [0.2, 0.25) is 5.91 Å². The predicted octanol–water partition coefficient (Wildman–Crippen LogP) is 0.865. The number of amides is 1. The standard InChI is InChI=1S/C15H19FN2O2/c1-11(2)18(10-15(17)20)9-12-5-6-14(16)13(8-12)4-3-7-19/h5-6,8,11,19H,7,9-10H2,1-2H3,(H2,17,20). The molecule has 108 valence electrons. The minimum absolute atomic E-state index is 0.138. The number of aliphatic hydroxyl groups excluding tert-OH is 1. The fraction of sp³-hybridized carbons (Fsp3) is 0.400. The third kappa shape index (κ3) is 5.00. The van der Waals surface area contributed by atoms with Crippen molar-refractivity contribution in [1.82, 2.24) is 4.90 Å². The maximum absolute atomic E-state index is 13.5. The van der Waals surface area contributed by atoms with Gasteiger partial charge in [-0.2, -0.15) is 0 Å². The minimum Gasteiger partial charge on any atom is -0.384 e. The number of aliphatic hydroxyl groups is 1. The second-order valence-corrected chi connectivity index (χ2v) is 4.74. The summed E-state index contributed by atoms with van der Waals surface area (Å²) in [5.41, 5.74) is 6.29. The summed E-state index contributed by atoms with van der Waals surface area (Å²) in [7, 11) is 0. The van der Waals surface area contributed by atoms with E-state index in [9.17, 15) is 9.18 Å². The SMILES string of the molecule is CC(C)N(CC(N)=O)Cc1ccc(F)c(C#CCO)c1. The number of rotatable bonds is 5. The summed E-state index contributed by atoms with van der Waals surface area (Å²) >= 11 is 0. The molecule has 0 bridgehead atoms. The maximum atomic E-state index is 13.5. The zero-order chi connectivity index (χ0) is 15.1. The molecule has 1 aromatic rings. The van der Waals surface area contributed by atoms with Crippen LogP contribution in [0.15, 0.2) is 18.2 Å². The number of nitrogens with two attached hydrogens (primary N) is 1. The lowest BCUT2D eigenvalue weighted by Crippen LogP contribution is -2.37. The second-order valence-electron chi connectivity index (χ2n) is 4.74. The molecular weight excluding hydrogens is 259 g/mol. The molecule has 0 radical (unpaired) electrons. The molecule has 0 saturated carbocycles. The van der Waals surface area contributed by atoms with Gasteiger partial charge in [0.1, 0.15) is 12.4 Å². The molecule has 0 aliphatic heterocycles. The van der Waals surface area contributed by atoms with Crippen molar-refractivity contribution in [3.63, 3.8) is 0 Å². The highest BCUT2D eigenvalue weighted by atomic mass is 19.1. The Bertz CT molecular complexity index is 532. The highest BCUT2D eigenvalue weighted by Gasteiger charge is 2.13. The first-order chi connectivity index (χ1) is 9.43. The topological polar surface area (TPSA) is 66.6 Å². The molecule has 0 aromatic heterocycles. The lowest BCUT2D eigenvalue weighted by atomic mass is 10.1. The van der Waals surface area contributed by atoms with Crippen molar-refractivity contribution in [2.24, 2.45) is 5.73 Å². The summed E-state index contributed by atoms with van der Waals surface area (Å²) in [5.74, 6) is 4.15. The Balaban J connectivity index is 2.93. The van der Waals surface area contributed by atoms with Crippen molar-refractivity contribution in [3.8, 4) is 11.8 Å². The Morgan fingerprint density at radius 1 is 1.50 bits per heavy atom. The van der Waals surface area contributed by atoms with Crippen LogP contribution in [0.1, 0.15) is 25.0 Å². The van der Waals surface area contributed by atoms with Crippen LogP contribution in [0, 0.1) is 17.7 Å². The summed E-state index contributed by atoms with van der Waals surface area (Å²) in [5, 5.41) is 8.65. The first-order valence-corrected chi connectivity index (χ1v) is 6.34. The molecule has 4 nitrogen and oxygen atoms in total. The number of hydrogen-bond donors (Lipinski definition) is 2. The Morgan fingerprint density at radius 2 is 2.20 bits per heavy atom. The molecule has 0 heterocycles. The van der Waals surface area contributed by atoms with Crippen LogP contribution in [-0.2, 0) is 11.3 Å². The van der Waals surface area contributed by atoms with E-state index in [1.54, 1.807) is 12.1 Å². The van der Waals surface area contributed by atoms with Crippen LogP contribution in [0.5, 0.6) is 0 Å². The molecule has 0 aliphatic carbocycles. The molecule has 0 fully saturated rings. The van der Waals surface area contributed by atoms with Gasteiger partial charge in [-0.25, -0.2) is 4.39 Å². The number of hydrogen-bond acceptors (Lipinski definition) is 3. The molecule has 0 aliphatic rings. The largest absolute Gasteiger partial charge is 0.384 e. The van der Waals surface area contributed by atoms with Gasteiger partial charge in [-0.15, -0.1) is 0 Å². The molecule has 5 heteroatoms.